The van der Waals surface area contributed by atoms with Gasteiger partial charge in [0, 0.05) is 15.8 Å². The molecule has 0 spiro atoms. The van der Waals surface area contributed by atoms with Crippen LogP contribution in [0.15, 0.2) is 28.1 Å². The third-order valence-electron chi connectivity index (χ3n) is 2.93. The maximum atomic E-state index is 13.6. The fraction of sp³-hybridized carbons (Fsp3) is 0.231. The van der Waals surface area contributed by atoms with Gasteiger partial charge in [0.2, 0.25) is 0 Å². The van der Waals surface area contributed by atoms with E-state index >= 15 is 0 Å². The average molecular weight is 341 g/mol. The van der Waals surface area contributed by atoms with Crippen molar-refractivity contribution in [2.75, 3.05) is 5.32 Å². The standard InChI is InChI=1S/C13H10BrFN2OS/c14-8-2-1-3-9(15)11(8)12(18)17-13-16-10(6-19-13)7-4-5-7/h1-3,6-7H,4-5H2,(H,16,17,18). The Morgan fingerprint density at radius 3 is 2.95 bits per heavy atom. The summed E-state index contributed by atoms with van der Waals surface area (Å²) in [4.78, 5) is 16.4. The number of amides is 1. The molecule has 1 aliphatic rings. The van der Waals surface area contributed by atoms with E-state index in [1.807, 2.05) is 5.38 Å². The first-order valence-corrected chi connectivity index (χ1v) is 7.53. The Hall–Kier alpha value is -1.27. The molecular formula is C13H10BrFN2OS. The van der Waals surface area contributed by atoms with Gasteiger partial charge in [-0.15, -0.1) is 11.3 Å². The van der Waals surface area contributed by atoms with Crippen LogP contribution in [-0.2, 0) is 0 Å². The van der Waals surface area contributed by atoms with Crippen LogP contribution < -0.4 is 5.32 Å². The smallest absolute Gasteiger partial charge is 0.261 e. The number of halogens is 2. The van der Waals surface area contributed by atoms with Crippen molar-refractivity contribution in [2.24, 2.45) is 0 Å². The molecule has 1 aliphatic carbocycles. The van der Waals surface area contributed by atoms with E-state index in [9.17, 15) is 9.18 Å². The molecule has 1 fully saturated rings. The predicted molar refractivity (Wildman–Crippen MR) is 76.1 cm³/mol. The van der Waals surface area contributed by atoms with E-state index in [0.717, 1.165) is 18.5 Å². The number of nitrogens with one attached hydrogen (secondary N) is 1. The van der Waals surface area contributed by atoms with E-state index in [4.69, 9.17) is 0 Å². The van der Waals surface area contributed by atoms with Crippen LogP contribution in [0.25, 0.3) is 0 Å². The number of anilines is 1. The molecule has 3 nitrogen and oxygen atoms in total. The zero-order valence-corrected chi connectivity index (χ0v) is 12.2. The number of aromatic nitrogens is 1. The second-order valence-electron chi connectivity index (χ2n) is 4.40. The summed E-state index contributed by atoms with van der Waals surface area (Å²) < 4.78 is 14.1. The van der Waals surface area contributed by atoms with Crippen molar-refractivity contribution < 1.29 is 9.18 Å². The Kier molecular flexibility index (Phi) is 3.36. The molecule has 1 heterocycles. The minimum absolute atomic E-state index is 0.00525. The Morgan fingerprint density at radius 1 is 1.47 bits per heavy atom. The van der Waals surface area contributed by atoms with Crippen molar-refractivity contribution in [1.82, 2.24) is 4.98 Å². The predicted octanol–water partition coefficient (Wildman–Crippen LogP) is 4.17. The number of hydrogen-bond acceptors (Lipinski definition) is 3. The van der Waals surface area contributed by atoms with Crippen LogP contribution in [0.2, 0.25) is 0 Å². The van der Waals surface area contributed by atoms with Crippen molar-refractivity contribution >= 4 is 38.3 Å². The van der Waals surface area contributed by atoms with Crippen LogP contribution in [0.1, 0.15) is 34.8 Å². The summed E-state index contributed by atoms with van der Waals surface area (Å²) in [7, 11) is 0. The summed E-state index contributed by atoms with van der Waals surface area (Å²) in [5, 5.41) is 5.11. The molecule has 1 aromatic heterocycles. The molecule has 0 unspecified atom stereocenters. The Balaban J connectivity index is 1.80. The monoisotopic (exact) mass is 340 g/mol. The van der Waals surface area contributed by atoms with Crippen LogP contribution in [0.5, 0.6) is 0 Å². The largest absolute Gasteiger partial charge is 0.298 e. The maximum absolute atomic E-state index is 13.6. The molecule has 3 rings (SSSR count). The Bertz CT molecular complexity index is 619. The fourth-order valence-corrected chi connectivity index (χ4v) is 3.09. The molecule has 0 radical (unpaired) electrons. The second kappa shape index (κ2) is 5.02. The lowest BCUT2D eigenvalue weighted by Gasteiger charge is -2.05. The zero-order chi connectivity index (χ0) is 13.4. The molecule has 0 saturated heterocycles. The highest BCUT2D eigenvalue weighted by Gasteiger charge is 2.26. The molecule has 1 saturated carbocycles. The minimum Gasteiger partial charge on any atom is -0.298 e. The molecule has 0 atom stereocenters. The molecule has 1 N–H and O–H groups in total. The number of thiazole rings is 1. The highest BCUT2D eigenvalue weighted by Crippen LogP contribution is 2.40. The van der Waals surface area contributed by atoms with Crippen molar-refractivity contribution in [3.05, 3.63) is 45.1 Å². The molecule has 0 bridgehead atoms. The first-order chi connectivity index (χ1) is 9.15. The van der Waals surface area contributed by atoms with Crippen LogP contribution in [-0.4, -0.2) is 10.9 Å². The summed E-state index contributed by atoms with van der Waals surface area (Å²) in [6.07, 6.45) is 2.33. The third kappa shape index (κ3) is 2.69. The van der Waals surface area contributed by atoms with E-state index in [1.165, 1.54) is 17.4 Å². The molecule has 1 aromatic carbocycles. The SMILES string of the molecule is O=C(Nc1nc(C2CC2)cs1)c1c(F)cccc1Br. The lowest BCUT2D eigenvalue weighted by Crippen LogP contribution is -2.14. The fourth-order valence-electron chi connectivity index (χ4n) is 1.78. The first-order valence-electron chi connectivity index (χ1n) is 5.86. The summed E-state index contributed by atoms with van der Waals surface area (Å²) in [5.74, 6) is -0.491. The van der Waals surface area contributed by atoms with Crippen molar-refractivity contribution in [3.63, 3.8) is 0 Å². The summed E-state index contributed by atoms with van der Waals surface area (Å²) in [5.41, 5.74) is 1.03. The Labute approximate surface area is 122 Å². The minimum atomic E-state index is -0.550. The van der Waals surface area contributed by atoms with Gasteiger partial charge in [0.05, 0.1) is 11.3 Å². The molecule has 19 heavy (non-hydrogen) atoms. The Morgan fingerprint density at radius 2 is 2.26 bits per heavy atom. The van der Waals surface area contributed by atoms with Gasteiger partial charge in [0.25, 0.3) is 5.91 Å². The van der Waals surface area contributed by atoms with Gasteiger partial charge in [0.1, 0.15) is 5.82 Å². The van der Waals surface area contributed by atoms with Crippen LogP contribution in [0.4, 0.5) is 9.52 Å². The maximum Gasteiger partial charge on any atom is 0.261 e. The summed E-state index contributed by atoms with van der Waals surface area (Å²) >= 11 is 4.55. The molecule has 1 amide bonds. The van der Waals surface area contributed by atoms with E-state index in [0.29, 0.717) is 15.5 Å². The van der Waals surface area contributed by atoms with Crippen molar-refractivity contribution in [3.8, 4) is 0 Å². The molecule has 0 aliphatic heterocycles. The van der Waals surface area contributed by atoms with Gasteiger partial charge < -0.3 is 0 Å². The normalized spacial score (nSPS) is 14.4. The first kappa shape index (κ1) is 12.7. The van der Waals surface area contributed by atoms with E-state index in [-0.39, 0.29) is 5.56 Å². The average Bonchev–Trinajstić information content (AvgIpc) is 3.10. The van der Waals surface area contributed by atoms with Gasteiger partial charge in [-0.1, -0.05) is 6.07 Å². The van der Waals surface area contributed by atoms with Gasteiger partial charge >= 0.3 is 0 Å². The van der Waals surface area contributed by atoms with Crippen molar-refractivity contribution in [1.29, 1.82) is 0 Å². The summed E-state index contributed by atoms with van der Waals surface area (Å²) in [6.45, 7) is 0. The van der Waals surface area contributed by atoms with E-state index in [1.54, 1.807) is 12.1 Å². The number of hydrogen-bond donors (Lipinski definition) is 1. The number of rotatable bonds is 3. The van der Waals surface area contributed by atoms with Gasteiger partial charge in [-0.05, 0) is 40.9 Å². The number of benzene rings is 1. The molecule has 2 aromatic rings. The van der Waals surface area contributed by atoms with Gasteiger partial charge in [-0.3, -0.25) is 10.1 Å². The van der Waals surface area contributed by atoms with Crippen LogP contribution >= 0.6 is 27.3 Å². The highest BCUT2D eigenvalue weighted by molar-refractivity contribution is 9.10. The zero-order valence-electron chi connectivity index (χ0n) is 9.82. The number of carbonyl (C=O) groups excluding carboxylic acids is 1. The van der Waals surface area contributed by atoms with Crippen LogP contribution in [0, 0.1) is 5.82 Å². The second-order valence-corrected chi connectivity index (χ2v) is 6.12. The number of carbonyl (C=O) groups is 1. The summed E-state index contributed by atoms with van der Waals surface area (Å²) in [6, 6.07) is 4.44. The molecular weight excluding hydrogens is 331 g/mol. The lowest BCUT2D eigenvalue weighted by atomic mass is 10.2. The van der Waals surface area contributed by atoms with Crippen molar-refractivity contribution in [2.45, 2.75) is 18.8 Å². The quantitative estimate of drug-likeness (QED) is 0.910. The third-order valence-corrected chi connectivity index (χ3v) is 4.36. The van der Waals surface area contributed by atoms with Gasteiger partial charge in [0.15, 0.2) is 5.13 Å². The molecule has 6 heteroatoms. The van der Waals surface area contributed by atoms with Crippen LogP contribution in [0.3, 0.4) is 0 Å². The lowest BCUT2D eigenvalue weighted by molar-refractivity contribution is 0.102. The van der Waals surface area contributed by atoms with E-state index < -0.39 is 11.7 Å². The molecule has 98 valence electrons. The van der Waals surface area contributed by atoms with Gasteiger partial charge in [-0.2, -0.15) is 0 Å². The topological polar surface area (TPSA) is 42.0 Å². The van der Waals surface area contributed by atoms with Gasteiger partial charge in [-0.25, -0.2) is 9.37 Å². The van der Waals surface area contributed by atoms with E-state index in [2.05, 4.69) is 26.2 Å². The highest BCUT2D eigenvalue weighted by atomic mass is 79.9. The number of nitrogens with zero attached hydrogens (tertiary/aromatic N) is 1.